The largest absolute Gasteiger partial charge is 0.462 e. The summed E-state index contributed by atoms with van der Waals surface area (Å²) in [6.45, 7) is 2.50. The molecule has 128 valence electrons. The van der Waals surface area contributed by atoms with E-state index in [0.29, 0.717) is 23.7 Å². The van der Waals surface area contributed by atoms with Gasteiger partial charge in [-0.1, -0.05) is 25.5 Å². The molecule has 3 aromatic rings. The van der Waals surface area contributed by atoms with E-state index in [0.717, 1.165) is 18.4 Å². The fourth-order valence-electron chi connectivity index (χ4n) is 2.12. The van der Waals surface area contributed by atoms with Crippen LogP contribution in [0.5, 0.6) is 0 Å². The molecule has 0 aliphatic carbocycles. The Morgan fingerprint density at radius 2 is 1.96 bits per heavy atom. The molecule has 0 aliphatic rings. The highest BCUT2D eigenvalue weighted by molar-refractivity contribution is 5.90. The predicted molar refractivity (Wildman–Crippen MR) is 92.3 cm³/mol. The number of unbranched alkanes of at least 4 members (excludes halogenated alkanes) is 1. The zero-order valence-corrected chi connectivity index (χ0v) is 13.8. The summed E-state index contributed by atoms with van der Waals surface area (Å²) in [5.74, 6) is 0.990. The lowest BCUT2D eigenvalue weighted by atomic mass is 10.1. The second-order valence-electron chi connectivity index (χ2n) is 5.36. The molecule has 0 spiro atoms. The number of hydrogen-bond acceptors (Lipinski definition) is 6. The van der Waals surface area contributed by atoms with Gasteiger partial charge in [-0.15, -0.1) is 10.2 Å². The van der Waals surface area contributed by atoms with E-state index in [1.807, 2.05) is 24.3 Å². The summed E-state index contributed by atoms with van der Waals surface area (Å²) in [4.78, 5) is 11.9. The number of benzene rings is 1. The molecule has 0 radical (unpaired) electrons. The standard InChI is InChI=1S/C18H18N4O3/c1-2-3-10-24-18(23)15-6-4-14(5-7-15)17-9-8-16(25-17)11-21-22-12-19-20-13-22/h4-9,11-13H,2-3,10H2,1H3/b21-11+. The summed E-state index contributed by atoms with van der Waals surface area (Å²) in [6.07, 6.45) is 6.41. The lowest BCUT2D eigenvalue weighted by Crippen LogP contribution is -2.05. The predicted octanol–water partition coefficient (Wildman–Crippen LogP) is 3.38. The van der Waals surface area contributed by atoms with Crippen LogP contribution >= 0.6 is 0 Å². The van der Waals surface area contributed by atoms with Crippen molar-refractivity contribution in [2.24, 2.45) is 5.10 Å². The van der Waals surface area contributed by atoms with Gasteiger partial charge in [-0.2, -0.15) is 5.10 Å². The highest BCUT2D eigenvalue weighted by Gasteiger charge is 2.09. The first kappa shape index (κ1) is 16.6. The van der Waals surface area contributed by atoms with Gasteiger partial charge in [0.1, 0.15) is 24.2 Å². The van der Waals surface area contributed by atoms with Crippen molar-refractivity contribution in [2.75, 3.05) is 6.61 Å². The first-order valence-corrected chi connectivity index (χ1v) is 8.02. The molecule has 0 saturated carbocycles. The number of rotatable bonds is 7. The van der Waals surface area contributed by atoms with Crippen molar-refractivity contribution in [3.63, 3.8) is 0 Å². The van der Waals surface area contributed by atoms with Crippen molar-refractivity contribution in [3.8, 4) is 11.3 Å². The number of ether oxygens (including phenoxy) is 1. The van der Waals surface area contributed by atoms with Crippen LogP contribution in [0.15, 0.2) is 58.6 Å². The third-order valence-corrected chi connectivity index (χ3v) is 3.49. The number of carbonyl (C=O) groups excluding carboxylic acids is 1. The smallest absolute Gasteiger partial charge is 0.338 e. The second kappa shape index (κ2) is 8.05. The molecule has 2 aromatic heterocycles. The average molecular weight is 338 g/mol. The molecule has 0 aliphatic heterocycles. The second-order valence-corrected chi connectivity index (χ2v) is 5.36. The van der Waals surface area contributed by atoms with Crippen LogP contribution in [0.2, 0.25) is 0 Å². The SMILES string of the molecule is CCCCOC(=O)c1ccc(-c2ccc(/C=N/n3cnnc3)o2)cc1. The summed E-state index contributed by atoms with van der Waals surface area (Å²) >= 11 is 0. The third kappa shape index (κ3) is 4.41. The van der Waals surface area contributed by atoms with Crippen LogP contribution in [-0.2, 0) is 4.74 Å². The van der Waals surface area contributed by atoms with Crippen molar-refractivity contribution < 1.29 is 13.9 Å². The maximum Gasteiger partial charge on any atom is 0.338 e. The van der Waals surface area contributed by atoms with Crippen LogP contribution in [0, 0.1) is 0 Å². The topological polar surface area (TPSA) is 82.5 Å². The Kier molecular flexibility index (Phi) is 5.36. The zero-order chi connectivity index (χ0) is 17.5. The van der Waals surface area contributed by atoms with Gasteiger partial charge in [0.25, 0.3) is 0 Å². The number of carbonyl (C=O) groups is 1. The molecule has 7 heteroatoms. The average Bonchev–Trinajstić information content (AvgIpc) is 3.32. The Morgan fingerprint density at radius 3 is 2.68 bits per heavy atom. The van der Waals surface area contributed by atoms with Crippen LogP contribution in [0.25, 0.3) is 11.3 Å². The Morgan fingerprint density at radius 1 is 1.20 bits per heavy atom. The Bertz CT molecular complexity index is 836. The maximum absolute atomic E-state index is 11.9. The molecule has 25 heavy (non-hydrogen) atoms. The van der Waals surface area contributed by atoms with Gasteiger partial charge in [-0.3, -0.25) is 0 Å². The van der Waals surface area contributed by atoms with E-state index in [9.17, 15) is 4.79 Å². The van der Waals surface area contributed by atoms with Crippen molar-refractivity contribution >= 4 is 12.2 Å². The number of esters is 1. The van der Waals surface area contributed by atoms with Crippen molar-refractivity contribution in [2.45, 2.75) is 19.8 Å². The Labute approximate surface area is 144 Å². The van der Waals surface area contributed by atoms with Crippen molar-refractivity contribution in [3.05, 3.63) is 60.4 Å². The van der Waals surface area contributed by atoms with Gasteiger partial charge in [0.15, 0.2) is 0 Å². The number of nitrogens with zero attached hydrogens (tertiary/aromatic N) is 4. The summed E-state index contributed by atoms with van der Waals surface area (Å²) in [6, 6.07) is 10.8. The van der Waals surface area contributed by atoms with Crippen LogP contribution < -0.4 is 0 Å². The van der Waals surface area contributed by atoms with E-state index in [4.69, 9.17) is 9.15 Å². The summed E-state index contributed by atoms with van der Waals surface area (Å²) in [5.41, 5.74) is 1.40. The van der Waals surface area contributed by atoms with E-state index in [1.54, 1.807) is 18.3 Å². The fraction of sp³-hybridized carbons (Fsp3) is 0.222. The van der Waals surface area contributed by atoms with Gasteiger partial charge in [0.2, 0.25) is 0 Å². The van der Waals surface area contributed by atoms with Gasteiger partial charge in [0, 0.05) is 5.56 Å². The normalized spacial score (nSPS) is 11.1. The lowest BCUT2D eigenvalue weighted by Gasteiger charge is -2.04. The van der Waals surface area contributed by atoms with Crippen LogP contribution in [0.4, 0.5) is 0 Å². The molecule has 7 nitrogen and oxygen atoms in total. The van der Waals surface area contributed by atoms with Crippen molar-refractivity contribution in [1.29, 1.82) is 0 Å². The minimum Gasteiger partial charge on any atom is -0.462 e. The summed E-state index contributed by atoms with van der Waals surface area (Å²) in [7, 11) is 0. The number of furan rings is 1. The molecule has 0 bridgehead atoms. The van der Waals surface area contributed by atoms with E-state index in [-0.39, 0.29) is 5.97 Å². The van der Waals surface area contributed by atoms with Gasteiger partial charge >= 0.3 is 5.97 Å². The van der Waals surface area contributed by atoms with Crippen molar-refractivity contribution in [1.82, 2.24) is 14.9 Å². The van der Waals surface area contributed by atoms with Gasteiger partial charge < -0.3 is 9.15 Å². The van der Waals surface area contributed by atoms with Gasteiger partial charge in [-0.25, -0.2) is 9.47 Å². The first-order valence-electron chi connectivity index (χ1n) is 8.02. The van der Waals surface area contributed by atoms with Gasteiger partial charge in [-0.05, 0) is 30.7 Å². The third-order valence-electron chi connectivity index (χ3n) is 3.49. The molecule has 0 atom stereocenters. The van der Waals surface area contributed by atoms with E-state index in [2.05, 4.69) is 22.2 Å². The van der Waals surface area contributed by atoms with E-state index in [1.165, 1.54) is 17.3 Å². The summed E-state index contributed by atoms with van der Waals surface area (Å²) in [5, 5.41) is 11.5. The molecule has 0 unspecified atom stereocenters. The quantitative estimate of drug-likeness (QED) is 0.375. The Balaban J connectivity index is 1.65. The number of hydrogen-bond donors (Lipinski definition) is 0. The molecule has 0 fully saturated rings. The molecule has 0 amide bonds. The Hall–Kier alpha value is -3.22. The van der Waals surface area contributed by atoms with Crippen LogP contribution in [0.1, 0.15) is 35.9 Å². The summed E-state index contributed by atoms with van der Waals surface area (Å²) < 4.78 is 12.4. The molecular formula is C18H18N4O3. The van der Waals surface area contributed by atoms with Crippen LogP contribution in [-0.4, -0.2) is 33.7 Å². The molecule has 3 rings (SSSR count). The van der Waals surface area contributed by atoms with E-state index < -0.39 is 0 Å². The maximum atomic E-state index is 11.9. The van der Waals surface area contributed by atoms with Crippen LogP contribution in [0.3, 0.4) is 0 Å². The molecule has 2 heterocycles. The van der Waals surface area contributed by atoms with Gasteiger partial charge in [0.05, 0.1) is 18.4 Å². The number of aromatic nitrogens is 3. The minimum absolute atomic E-state index is 0.304. The highest BCUT2D eigenvalue weighted by Crippen LogP contribution is 2.22. The highest BCUT2D eigenvalue weighted by atomic mass is 16.5. The fourth-order valence-corrected chi connectivity index (χ4v) is 2.12. The first-order chi connectivity index (χ1) is 12.3. The molecular weight excluding hydrogens is 320 g/mol. The minimum atomic E-state index is -0.304. The zero-order valence-electron chi connectivity index (χ0n) is 13.8. The molecule has 0 N–H and O–H groups in total. The lowest BCUT2D eigenvalue weighted by molar-refractivity contribution is 0.0500. The molecule has 1 aromatic carbocycles. The monoisotopic (exact) mass is 338 g/mol. The van der Waals surface area contributed by atoms with E-state index >= 15 is 0 Å². The molecule has 0 saturated heterocycles.